The van der Waals surface area contributed by atoms with Crippen molar-refractivity contribution in [3.8, 4) is 5.75 Å². The number of nitrogens with two attached hydrogens (primary N) is 1. The third kappa shape index (κ3) is 2.83. The van der Waals surface area contributed by atoms with Crippen LogP contribution in [-0.2, 0) is 10.0 Å². The Hall–Kier alpha value is -1.31. The molecule has 1 aliphatic rings. The predicted octanol–water partition coefficient (Wildman–Crippen LogP) is 0.510. The summed E-state index contributed by atoms with van der Waals surface area (Å²) in [6.07, 6.45) is 0.805. The van der Waals surface area contributed by atoms with Crippen LogP contribution in [0.1, 0.15) is 19.8 Å². The lowest BCUT2D eigenvalue weighted by Crippen LogP contribution is -2.45. The number of phenols is 1. The van der Waals surface area contributed by atoms with Crippen LogP contribution in [0.2, 0.25) is 0 Å². The topological polar surface area (TPSA) is 104 Å². The van der Waals surface area contributed by atoms with Crippen LogP contribution in [0.4, 0.5) is 5.69 Å². The standard InChI is InChI=1S/C12H18N2O4S/c1-12(16)4-6-14(7-5-12)19(17,18)9-2-3-11(15)10(13)8-9/h2-3,8,15-16H,4-7,13H2,1H3. The number of hydrogen-bond acceptors (Lipinski definition) is 5. The Balaban J connectivity index is 2.25. The molecule has 0 saturated carbocycles. The SMILES string of the molecule is CC1(O)CCN(S(=O)(=O)c2ccc(O)c(N)c2)CC1. The van der Waals surface area contributed by atoms with E-state index in [4.69, 9.17) is 5.73 Å². The summed E-state index contributed by atoms with van der Waals surface area (Å²) in [5, 5.41) is 19.2. The zero-order valence-corrected chi connectivity index (χ0v) is 11.5. The lowest BCUT2D eigenvalue weighted by Gasteiger charge is -2.34. The quantitative estimate of drug-likeness (QED) is 0.543. The van der Waals surface area contributed by atoms with E-state index in [1.165, 1.54) is 22.5 Å². The van der Waals surface area contributed by atoms with E-state index in [-0.39, 0.29) is 29.4 Å². The van der Waals surface area contributed by atoms with Gasteiger partial charge in [-0.3, -0.25) is 0 Å². The zero-order valence-electron chi connectivity index (χ0n) is 10.7. The van der Waals surface area contributed by atoms with Crippen LogP contribution in [-0.4, -0.2) is 41.6 Å². The van der Waals surface area contributed by atoms with E-state index < -0.39 is 15.6 Å². The number of anilines is 1. The van der Waals surface area contributed by atoms with Crippen LogP contribution in [0.25, 0.3) is 0 Å². The molecule has 1 heterocycles. The Morgan fingerprint density at radius 2 is 1.89 bits per heavy atom. The van der Waals surface area contributed by atoms with Crippen LogP contribution in [0, 0.1) is 0 Å². The number of piperidine rings is 1. The van der Waals surface area contributed by atoms with Gasteiger partial charge in [-0.15, -0.1) is 0 Å². The third-order valence-electron chi connectivity index (χ3n) is 3.44. The first-order chi connectivity index (χ1) is 8.72. The number of hydrogen-bond donors (Lipinski definition) is 3. The Bertz CT molecular complexity index is 573. The van der Waals surface area contributed by atoms with Crippen LogP contribution in [0.3, 0.4) is 0 Å². The van der Waals surface area contributed by atoms with Gasteiger partial charge < -0.3 is 15.9 Å². The molecule has 1 aromatic rings. The molecule has 0 aliphatic carbocycles. The van der Waals surface area contributed by atoms with Gasteiger partial charge in [0.2, 0.25) is 10.0 Å². The number of rotatable bonds is 2. The highest BCUT2D eigenvalue weighted by Crippen LogP contribution is 2.29. The van der Waals surface area contributed by atoms with Crippen LogP contribution >= 0.6 is 0 Å². The van der Waals surface area contributed by atoms with E-state index >= 15 is 0 Å². The Morgan fingerprint density at radius 1 is 1.32 bits per heavy atom. The van der Waals surface area contributed by atoms with Gasteiger partial charge in [-0.25, -0.2) is 8.42 Å². The molecule has 0 amide bonds. The summed E-state index contributed by atoms with van der Waals surface area (Å²) in [4.78, 5) is 0.0596. The van der Waals surface area contributed by atoms with Crippen molar-refractivity contribution in [2.75, 3.05) is 18.8 Å². The molecule has 19 heavy (non-hydrogen) atoms. The minimum atomic E-state index is -3.62. The molecule has 0 radical (unpaired) electrons. The van der Waals surface area contributed by atoms with Crippen molar-refractivity contribution >= 4 is 15.7 Å². The van der Waals surface area contributed by atoms with Gasteiger partial charge in [-0.1, -0.05) is 0 Å². The maximum Gasteiger partial charge on any atom is 0.243 e. The molecule has 1 saturated heterocycles. The number of sulfonamides is 1. The highest BCUT2D eigenvalue weighted by atomic mass is 32.2. The normalized spacial score (nSPS) is 20.3. The molecule has 1 aliphatic heterocycles. The number of nitrogen functional groups attached to an aromatic ring is 1. The lowest BCUT2D eigenvalue weighted by molar-refractivity contribution is 0.0126. The predicted molar refractivity (Wildman–Crippen MR) is 71.1 cm³/mol. The Kier molecular flexibility index (Phi) is 3.46. The zero-order chi connectivity index (χ0) is 14.3. The second-order valence-electron chi connectivity index (χ2n) is 5.12. The Morgan fingerprint density at radius 3 is 2.42 bits per heavy atom. The first-order valence-corrected chi connectivity index (χ1v) is 7.47. The molecular formula is C12H18N2O4S. The minimum absolute atomic E-state index is 0.0325. The maximum absolute atomic E-state index is 12.4. The molecule has 0 aromatic heterocycles. The third-order valence-corrected chi connectivity index (χ3v) is 5.33. The van der Waals surface area contributed by atoms with E-state index in [0.717, 1.165) is 0 Å². The van der Waals surface area contributed by atoms with Gasteiger partial charge in [-0.2, -0.15) is 4.31 Å². The Labute approximate surface area is 112 Å². The largest absolute Gasteiger partial charge is 0.506 e. The number of benzene rings is 1. The van der Waals surface area contributed by atoms with E-state index in [1.54, 1.807) is 6.92 Å². The van der Waals surface area contributed by atoms with Gasteiger partial charge in [0.05, 0.1) is 16.2 Å². The van der Waals surface area contributed by atoms with Crippen molar-refractivity contribution in [2.45, 2.75) is 30.3 Å². The molecule has 1 fully saturated rings. The first kappa shape index (κ1) is 14.1. The van der Waals surface area contributed by atoms with E-state index in [2.05, 4.69) is 0 Å². The maximum atomic E-state index is 12.4. The summed E-state index contributed by atoms with van der Waals surface area (Å²) in [5.41, 5.74) is 4.74. The highest BCUT2D eigenvalue weighted by molar-refractivity contribution is 7.89. The average molecular weight is 286 g/mol. The van der Waals surface area contributed by atoms with E-state index in [0.29, 0.717) is 12.8 Å². The van der Waals surface area contributed by atoms with Crippen molar-refractivity contribution in [1.29, 1.82) is 0 Å². The van der Waals surface area contributed by atoms with Gasteiger partial charge in [0.25, 0.3) is 0 Å². The van der Waals surface area contributed by atoms with Gasteiger partial charge in [0, 0.05) is 13.1 Å². The molecule has 0 atom stereocenters. The monoisotopic (exact) mass is 286 g/mol. The fraction of sp³-hybridized carbons (Fsp3) is 0.500. The van der Waals surface area contributed by atoms with Crippen molar-refractivity contribution in [3.05, 3.63) is 18.2 Å². The van der Waals surface area contributed by atoms with E-state index in [9.17, 15) is 18.6 Å². The summed E-state index contributed by atoms with van der Waals surface area (Å²) in [6.45, 7) is 2.25. The van der Waals surface area contributed by atoms with Crippen molar-refractivity contribution < 1.29 is 18.6 Å². The lowest BCUT2D eigenvalue weighted by atomic mass is 9.95. The summed E-state index contributed by atoms with van der Waals surface area (Å²) >= 11 is 0. The molecule has 6 nitrogen and oxygen atoms in total. The van der Waals surface area contributed by atoms with Crippen molar-refractivity contribution in [3.63, 3.8) is 0 Å². The van der Waals surface area contributed by atoms with E-state index in [1.807, 2.05) is 0 Å². The fourth-order valence-corrected chi connectivity index (χ4v) is 3.53. The summed E-state index contributed by atoms with van der Waals surface area (Å²) < 4.78 is 26.1. The summed E-state index contributed by atoms with van der Waals surface area (Å²) in [7, 11) is -3.62. The average Bonchev–Trinajstić information content (AvgIpc) is 2.32. The highest BCUT2D eigenvalue weighted by Gasteiger charge is 2.34. The first-order valence-electron chi connectivity index (χ1n) is 6.03. The molecule has 4 N–H and O–H groups in total. The van der Waals surface area contributed by atoms with Crippen molar-refractivity contribution in [2.24, 2.45) is 0 Å². The number of nitrogens with zero attached hydrogens (tertiary/aromatic N) is 1. The van der Waals surface area contributed by atoms with Crippen LogP contribution in [0.15, 0.2) is 23.1 Å². The smallest absolute Gasteiger partial charge is 0.243 e. The number of phenolic OH excluding ortho intramolecular Hbond substituents is 1. The summed E-state index contributed by atoms with van der Waals surface area (Å²) in [5.74, 6) is -0.138. The molecule has 2 rings (SSSR count). The second-order valence-corrected chi connectivity index (χ2v) is 7.06. The molecular weight excluding hydrogens is 268 g/mol. The molecule has 0 unspecified atom stereocenters. The van der Waals surface area contributed by atoms with Gasteiger partial charge in [0.1, 0.15) is 5.75 Å². The molecule has 7 heteroatoms. The van der Waals surface area contributed by atoms with Crippen LogP contribution in [0.5, 0.6) is 5.75 Å². The van der Waals surface area contributed by atoms with Gasteiger partial charge in [-0.05, 0) is 38.0 Å². The molecule has 106 valence electrons. The van der Waals surface area contributed by atoms with Crippen molar-refractivity contribution in [1.82, 2.24) is 4.31 Å². The number of aromatic hydroxyl groups is 1. The van der Waals surface area contributed by atoms with Crippen LogP contribution < -0.4 is 5.73 Å². The summed E-state index contributed by atoms with van der Waals surface area (Å²) in [6, 6.07) is 3.84. The second kappa shape index (κ2) is 4.66. The fourth-order valence-electron chi connectivity index (χ4n) is 2.05. The molecule has 0 spiro atoms. The number of aliphatic hydroxyl groups is 1. The molecule has 1 aromatic carbocycles. The van der Waals surface area contributed by atoms with Gasteiger partial charge in [0.15, 0.2) is 0 Å². The minimum Gasteiger partial charge on any atom is -0.506 e. The molecule has 0 bridgehead atoms. The van der Waals surface area contributed by atoms with Gasteiger partial charge >= 0.3 is 0 Å².